The highest BCUT2D eigenvalue weighted by molar-refractivity contribution is 7.99. The number of hydrogen-bond donors (Lipinski definition) is 2. The average Bonchev–Trinajstić information content (AvgIpc) is 2.38. The molecule has 3 heteroatoms. The molecule has 0 fully saturated rings. The van der Waals surface area contributed by atoms with Gasteiger partial charge in [0, 0.05) is 29.6 Å². The summed E-state index contributed by atoms with van der Waals surface area (Å²) < 4.78 is 0. The second kappa shape index (κ2) is 9.04. The van der Waals surface area contributed by atoms with Crippen LogP contribution in [0.15, 0.2) is 24.3 Å². The van der Waals surface area contributed by atoms with Gasteiger partial charge in [0.15, 0.2) is 0 Å². The topological polar surface area (TPSA) is 40.5 Å². The highest BCUT2D eigenvalue weighted by Gasteiger charge is 2.04. The van der Waals surface area contributed by atoms with Crippen molar-refractivity contribution in [2.75, 3.05) is 13.2 Å². The number of aliphatic hydroxyl groups is 2. The Balaban J connectivity index is 2.62. The van der Waals surface area contributed by atoms with E-state index in [9.17, 15) is 0 Å². The lowest BCUT2D eigenvalue weighted by Gasteiger charge is -2.10. The molecule has 1 aromatic carbocycles. The van der Waals surface area contributed by atoms with Crippen LogP contribution in [0, 0.1) is 11.8 Å². The van der Waals surface area contributed by atoms with Crippen LogP contribution < -0.4 is 0 Å². The lowest BCUT2D eigenvalue weighted by molar-refractivity contribution is 0.289. The van der Waals surface area contributed by atoms with Gasteiger partial charge in [0.05, 0.1) is 6.61 Å². The lowest BCUT2D eigenvalue weighted by Crippen LogP contribution is -2.00. The van der Waals surface area contributed by atoms with Gasteiger partial charge in [0.1, 0.15) is 0 Å². The SMILES string of the molecule is CC(CCO)SCc1ccccc1C#CCCO. The summed E-state index contributed by atoms with van der Waals surface area (Å²) in [5, 5.41) is 18.0. The first-order chi connectivity index (χ1) is 8.77. The normalized spacial score (nSPS) is 11.7. The Morgan fingerprint density at radius 1 is 1.22 bits per heavy atom. The fourth-order valence-electron chi connectivity index (χ4n) is 1.48. The number of aliphatic hydroxyl groups excluding tert-OH is 2. The van der Waals surface area contributed by atoms with Gasteiger partial charge < -0.3 is 10.2 Å². The van der Waals surface area contributed by atoms with Gasteiger partial charge >= 0.3 is 0 Å². The standard InChI is InChI=1S/C15H20O2S/c1-13(9-11-17)18-12-15-8-3-2-6-14(15)7-4-5-10-16/h2-3,6,8,13,16-17H,5,9-12H2,1H3. The molecule has 0 heterocycles. The predicted octanol–water partition coefficient (Wildman–Crippen LogP) is 2.42. The van der Waals surface area contributed by atoms with E-state index in [2.05, 4.69) is 24.8 Å². The fourth-order valence-corrected chi connectivity index (χ4v) is 2.47. The van der Waals surface area contributed by atoms with E-state index in [1.807, 2.05) is 30.0 Å². The summed E-state index contributed by atoms with van der Waals surface area (Å²) in [5.74, 6) is 6.96. The van der Waals surface area contributed by atoms with Gasteiger partial charge in [-0.05, 0) is 18.1 Å². The Hall–Kier alpha value is -0.950. The van der Waals surface area contributed by atoms with Gasteiger partial charge in [0.25, 0.3) is 0 Å². The second-order valence-electron chi connectivity index (χ2n) is 4.07. The van der Waals surface area contributed by atoms with E-state index in [4.69, 9.17) is 10.2 Å². The summed E-state index contributed by atoms with van der Waals surface area (Å²) in [6.07, 6.45) is 1.34. The summed E-state index contributed by atoms with van der Waals surface area (Å²) in [5.41, 5.74) is 2.26. The largest absolute Gasteiger partial charge is 0.396 e. The van der Waals surface area contributed by atoms with Crippen LogP contribution in [0.5, 0.6) is 0 Å². The van der Waals surface area contributed by atoms with E-state index in [1.54, 1.807) is 0 Å². The molecule has 0 aliphatic heterocycles. The summed E-state index contributed by atoms with van der Waals surface area (Å²) in [6.45, 7) is 2.48. The molecule has 0 saturated carbocycles. The first-order valence-electron chi connectivity index (χ1n) is 6.18. The summed E-state index contributed by atoms with van der Waals surface area (Å²) in [6, 6.07) is 8.09. The Morgan fingerprint density at radius 2 is 2.00 bits per heavy atom. The zero-order valence-electron chi connectivity index (χ0n) is 10.7. The molecule has 1 aromatic rings. The third-order valence-corrected chi connectivity index (χ3v) is 3.82. The maximum absolute atomic E-state index is 8.87. The van der Waals surface area contributed by atoms with Crippen molar-refractivity contribution < 1.29 is 10.2 Å². The van der Waals surface area contributed by atoms with Crippen molar-refractivity contribution >= 4 is 11.8 Å². The van der Waals surface area contributed by atoms with Crippen LogP contribution in [0.1, 0.15) is 30.9 Å². The molecule has 0 spiro atoms. The molecule has 0 aliphatic carbocycles. The minimum absolute atomic E-state index is 0.109. The van der Waals surface area contributed by atoms with E-state index >= 15 is 0 Å². The van der Waals surface area contributed by atoms with Gasteiger partial charge in [-0.15, -0.1) is 0 Å². The molecule has 2 N–H and O–H groups in total. The molecule has 98 valence electrons. The monoisotopic (exact) mass is 264 g/mol. The zero-order valence-corrected chi connectivity index (χ0v) is 11.5. The number of benzene rings is 1. The van der Waals surface area contributed by atoms with E-state index < -0.39 is 0 Å². The van der Waals surface area contributed by atoms with E-state index in [0.29, 0.717) is 11.7 Å². The van der Waals surface area contributed by atoms with Crippen LogP contribution in [0.4, 0.5) is 0 Å². The predicted molar refractivity (Wildman–Crippen MR) is 77.5 cm³/mol. The Bertz CT molecular complexity index is 406. The van der Waals surface area contributed by atoms with Crippen LogP contribution in [0.2, 0.25) is 0 Å². The molecular formula is C15H20O2S. The highest BCUT2D eigenvalue weighted by Crippen LogP contribution is 2.21. The highest BCUT2D eigenvalue weighted by atomic mass is 32.2. The van der Waals surface area contributed by atoms with Crippen molar-refractivity contribution in [3.05, 3.63) is 35.4 Å². The molecule has 2 nitrogen and oxygen atoms in total. The third kappa shape index (κ3) is 5.59. The van der Waals surface area contributed by atoms with Crippen molar-refractivity contribution in [3.8, 4) is 11.8 Å². The van der Waals surface area contributed by atoms with Gasteiger partial charge in [-0.3, -0.25) is 0 Å². The van der Waals surface area contributed by atoms with Crippen LogP contribution in [-0.4, -0.2) is 28.7 Å². The Morgan fingerprint density at radius 3 is 2.72 bits per heavy atom. The summed E-state index contributed by atoms with van der Waals surface area (Å²) >= 11 is 1.83. The van der Waals surface area contributed by atoms with Crippen LogP contribution in [-0.2, 0) is 5.75 Å². The van der Waals surface area contributed by atoms with Crippen LogP contribution in [0.3, 0.4) is 0 Å². The number of hydrogen-bond acceptors (Lipinski definition) is 3. The lowest BCUT2D eigenvalue weighted by atomic mass is 10.1. The third-order valence-electron chi connectivity index (χ3n) is 2.54. The maximum atomic E-state index is 8.87. The van der Waals surface area contributed by atoms with Crippen molar-refractivity contribution in [2.45, 2.75) is 30.8 Å². The molecule has 0 aliphatic rings. The second-order valence-corrected chi connectivity index (χ2v) is 5.49. The molecule has 0 aromatic heterocycles. The molecule has 18 heavy (non-hydrogen) atoms. The van der Waals surface area contributed by atoms with E-state index in [0.717, 1.165) is 17.7 Å². The van der Waals surface area contributed by atoms with Gasteiger partial charge in [0.2, 0.25) is 0 Å². The molecule has 1 atom stereocenters. The molecule has 1 rings (SSSR count). The zero-order chi connectivity index (χ0) is 13.2. The smallest absolute Gasteiger partial charge is 0.0540 e. The number of rotatable bonds is 6. The molecule has 0 radical (unpaired) electrons. The van der Waals surface area contributed by atoms with Gasteiger partial charge in [-0.25, -0.2) is 0 Å². The number of thioether (sulfide) groups is 1. The quantitative estimate of drug-likeness (QED) is 0.775. The molecule has 0 bridgehead atoms. The first-order valence-corrected chi connectivity index (χ1v) is 7.23. The van der Waals surface area contributed by atoms with Crippen molar-refractivity contribution in [1.29, 1.82) is 0 Å². The molecule has 0 amide bonds. The fraction of sp³-hybridized carbons (Fsp3) is 0.467. The summed E-state index contributed by atoms with van der Waals surface area (Å²) in [7, 11) is 0. The van der Waals surface area contributed by atoms with E-state index in [-0.39, 0.29) is 13.2 Å². The maximum Gasteiger partial charge on any atom is 0.0540 e. The average molecular weight is 264 g/mol. The Labute approximate surface area is 113 Å². The minimum atomic E-state index is 0.109. The molecule has 1 unspecified atom stereocenters. The molecule has 0 saturated heterocycles. The van der Waals surface area contributed by atoms with Crippen molar-refractivity contribution in [1.82, 2.24) is 0 Å². The first kappa shape index (κ1) is 15.1. The summed E-state index contributed by atoms with van der Waals surface area (Å²) in [4.78, 5) is 0. The molecular weight excluding hydrogens is 244 g/mol. The van der Waals surface area contributed by atoms with Crippen LogP contribution in [0.25, 0.3) is 0 Å². The van der Waals surface area contributed by atoms with Crippen LogP contribution >= 0.6 is 11.8 Å². The van der Waals surface area contributed by atoms with Gasteiger partial charge in [-0.1, -0.05) is 37.0 Å². The van der Waals surface area contributed by atoms with Crippen molar-refractivity contribution in [3.63, 3.8) is 0 Å². The van der Waals surface area contributed by atoms with Gasteiger partial charge in [-0.2, -0.15) is 11.8 Å². The van der Waals surface area contributed by atoms with E-state index in [1.165, 1.54) is 5.56 Å². The minimum Gasteiger partial charge on any atom is -0.396 e. The Kier molecular flexibility index (Phi) is 7.59. The van der Waals surface area contributed by atoms with Crippen molar-refractivity contribution in [2.24, 2.45) is 0 Å².